The van der Waals surface area contributed by atoms with E-state index in [0.29, 0.717) is 11.7 Å². The number of nitrogens with zero attached hydrogens (tertiary/aromatic N) is 4. The second kappa shape index (κ2) is 4.66. The van der Waals surface area contributed by atoms with Gasteiger partial charge in [0.15, 0.2) is 0 Å². The third-order valence-electron chi connectivity index (χ3n) is 2.30. The Hall–Kier alpha value is -2.08. The minimum Gasteiger partial charge on any atom is -0.334 e. The van der Waals surface area contributed by atoms with Crippen LogP contribution in [-0.4, -0.2) is 20.1 Å². The fraction of sp³-hybridized carbons (Fsp3) is 0. The molecule has 3 rings (SSSR count). The molecule has 3 heterocycles. The Labute approximate surface area is 111 Å². The van der Waals surface area contributed by atoms with Gasteiger partial charge in [-0.1, -0.05) is 5.16 Å². The number of aromatic nitrogens is 4. The van der Waals surface area contributed by atoms with E-state index in [1.807, 2.05) is 18.2 Å². The van der Waals surface area contributed by atoms with Gasteiger partial charge in [-0.15, -0.1) is 0 Å². The highest BCUT2D eigenvalue weighted by atomic mass is 79.9. The molecule has 0 aliphatic heterocycles. The third kappa shape index (κ3) is 2.14. The van der Waals surface area contributed by atoms with Crippen molar-refractivity contribution in [2.75, 3.05) is 0 Å². The van der Waals surface area contributed by atoms with Gasteiger partial charge < -0.3 is 4.52 Å². The van der Waals surface area contributed by atoms with Crippen LogP contribution in [0.1, 0.15) is 0 Å². The monoisotopic (exact) mass is 302 g/mol. The Kier molecular flexibility index (Phi) is 2.85. The van der Waals surface area contributed by atoms with Crippen molar-refractivity contribution in [1.29, 1.82) is 0 Å². The van der Waals surface area contributed by atoms with Gasteiger partial charge in [0.1, 0.15) is 0 Å². The first-order chi connectivity index (χ1) is 8.83. The molecular formula is C12H7BrN4O. The summed E-state index contributed by atoms with van der Waals surface area (Å²) >= 11 is 3.35. The Balaban J connectivity index is 2.00. The highest BCUT2D eigenvalue weighted by Gasteiger charge is 2.10. The highest BCUT2D eigenvalue weighted by molar-refractivity contribution is 9.10. The van der Waals surface area contributed by atoms with Crippen LogP contribution in [0.2, 0.25) is 0 Å². The van der Waals surface area contributed by atoms with Crippen LogP contribution in [0, 0.1) is 0 Å². The molecule has 0 aromatic carbocycles. The first-order valence-electron chi connectivity index (χ1n) is 5.18. The minimum absolute atomic E-state index is 0.433. The van der Waals surface area contributed by atoms with E-state index in [4.69, 9.17) is 4.52 Å². The SMILES string of the molecule is Brc1cncc(-c2nc(-c3cccnc3)no2)c1. The second-order valence-corrected chi connectivity index (χ2v) is 4.47. The standard InChI is InChI=1S/C12H7BrN4O/c13-10-4-9(6-15-7-10)12-16-11(17-18-12)8-2-1-3-14-5-8/h1-7H. The van der Waals surface area contributed by atoms with E-state index in [2.05, 4.69) is 36.0 Å². The van der Waals surface area contributed by atoms with Gasteiger partial charge in [0.05, 0.1) is 5.56 Å². The maximum atomic E-state index is 5.21. The number of halogens is 1. The van der Waals surface area contributed by atoms with Gasteiger partial charge in [0.2, 0.25) is 5.82 Å². The zero-order valence-corrected chi connectivity index (χ0v) is 10.7. The van der Waals surface area contributed by atoms with Gasteiger partial charge in [-0.05, 0) is 34.1 Å². The molecule has 0 atom stereocenters. The van der Waals surface area contributed by atoms with E-state index < -0.39 is 0 Å². The van der Waals surface area contributed by atoms with Gasteiger partial charge in [-0.25, -0.2) is 0 Å². The molecule has 5 nitrogen and oxygen atoms in total. The normalized spacial score (nSPS) is 10.5. The molecule has 6 heteroatoms. The lowest BCUT2D eigenvalue weighted by molar-refractivity contribution is 0.432. The van der Waals surface area contributed by atoms with Crippen LogP contribution in [0.25, 0.3) is 22.8 Å². The maximum Gasteiger partial charge on any atom is 0.259 e. The van der Waals surface area contributed by atoms with Crippen LogP contribution in [0.3, 0.4) is 0 Å². The topological polar surface area (TPSA) is 64.7 Å². The summed E-state index contributed by atoms with van der Waals surface area (Å²) in [7, 11) is 0. The van der Waals surface area contributed by atoms with E-state index in [9.17, 15) is 0 Å². The summed E-state index contributed by atoms with van der Waals surface area (Å²) in [4.78, 5) is 12.4. The molecule has 0 aliphatic rings. The predicted octanol–water partition coefficient (Wildman–Crippen LogP) is 2.96. The van der Waals surface area contributed by atoms with Crippen LogP contribution in [0.4, 0.5) is 0 Å². The van der Waals surface area contributed by atoms with E-state index in [1.54, 1.807) is 24.8 Å². The lowest BCUT2D eigenvalue weighted by Crippen LogP contribution is -1.83. The van der Waals surface area contributed by atoms with Crippen molar-refractivity contribution in [2.45, 2.75) is 0 Å². The Morgan fingerprint density at radius 3 is 2.72 bits per heavy atom. The van der Waals surface area contributed by atoms with E-state index in [1.165, 1.54) is 0 Å². The van der Waals surface area contributed by atoms with E-state index >= 15 is 0 Å². The first-order valence-corrected chi connectivity index (χ1v) is 5.97. The van der Waals surface area contributed by atoms with Crippen molar-refractivity contribution in [3.8, 4) is 22.8 Å². The largest absolute Gasteiger partial charge is 0.334 e. The van der Waals surface area contributed by atoms with Gasteiger partial charge >= 0.3 is 0 Å². The molecule has 0 unspecified atom stereocenters. The van der Waals surface area contributed by atoms with Crippen LogP contribution in [0.5, 0.6) is 0 Å². The van der Waals surface area contributed by atoms with Crippen LogP contribution in [0.15, 0.2) is 52.0 Å². The van der Waals surface area contributed by atoms with E-state index in [-0.39, 0.29) is 0 Å². The fourth-order valence-corrected chi connectivity index (χ4v) is 1.85. The molecular weight excluding hydrogens is 296 g/mol. The summed E-state index contributed by atoms with van der Waals surface area (Å²) in [5, 5.41) is 3.92. The van der Waals surface area contributed by atoms with E-state index in [0.717, 1.165) is 15.6 Å². The summed E-state index contributed by atoms with van der Waals surface area (Å²) in [6, 6.07) is 5.57. The Bertz CT molecular complexity index is 669. The molecule has 3 aromatic rings. The fourth-order valence-electron chi connectivity index (χ4n) is 1.48. The second-order valence-electron chi connectivity index (χ2n) is 3.56. The minimum atomic E-state index is 0.433. The van der Waals surface area contributed by atoms with Crippen LogP contribution >= 0.6 is 15.9 Å². The summed E-state index contributed by atoms with van der Waals surface area (Å²) in [6.45, 7) is 0. The molecule has 0 spiro atoms. The number of rotatable bonds is 2. The first kappa shape index (κ1) is 11.0. The summed E-state index contributed by atoms with van der Waals surface area (Å²) < 4.78 is 6.07. The molecule has 18 heavy (non-hydrogen) atoms. The molecule has 0 amide bonds. The number of hydrogen-bond donors (Lipinski definition) is 0. The molecule has 0 N–H and O–H groups in total. The Morgan fingerprint density at radius 2 is 1.94 bits per heavy atom. The van der Waals surface area contributed by atoms with Crippen molar-refractivity contribution < 1.29 is 4.52 Å². The van der Waals surface area contributed by atoms with Crippen molar-refractivity contribution in [2.24, 2.45) is 0 Å². The zero-order valence-electron chi connectivity index (χ0n) is 9.12. The molecule has 0 radical (unpaired) electrons. The smallest absolute Gasteiger partial charge is 0.259 e. The molecule has 3 aromatic heterocycles. The van der Waals surface area contributed by atoms with Crippen molar-refractivity contribution in [3.05, 3.63) is 47.5 Å². The third-order valence-corrected chi connectivity index (χ3v) is 2.73. The van der Waals surface area contributed by atoms with Crippen LogP contribution < -0.4 is 0 Å². The lowest BCUT2D eigenvalue weighted by Gasteiger charge is -1.93. The molecule has 0 aliphatic carbocycles. The lowest BCUT2D eigenvalue weighted by atomic mass is 10.2. The zero-order chi connectivity index (χ0) is 12.4. The maximum absolute atomic E-state index is 5.21. The molecule has 0 saturated carbocycles. The quantitative estimate of drug-likeness (QED) is 0.728. The highest BCUT2D eigenvalue weighted by Crippen LogP contribution is 2.22. The van der Waals surface area contributed by atoms with Gasteiger partial charge in [0.25, 0.3) is 5.89 Å². The van der Waals surface area contributed by atoms with Crippen molar-refractivity contribution in [3.63, 3.8) is 0 Å². The average molecular weight is 303 g/mol. The Morgan fingerprint density at radius 1 is 1.06 bits per heavy atom. The van der Waals surface area contributed by atoms with Crippen molar-refractivity contribution >= 4 is 15.9 Å². The summed E-state index contributed by atoms with van der Waals surface area (Å²) in [5.74, 6) is 0.945. The molecule has 0 saturated heterocycles. The number of hydrogen-bond acceptors (Lipinski definition) is 5. The predicted molar refractivity (Wildman–Crippen MR) is 68.5 cm³/mol. The van der Waals surface area contributed by atoms with Crippen LogP contribution in [-0.2, 0) is 0 Å². The number of pyridine rings is 2. The van der Waals surface area contributed by atoms with Gasteiger partial charge in [-0.2, -0.15) is 4.98 Å². The summed E-state index contributed by atoms with van der Waals surface area (Å²) in [6.07, 6.45) is 6.75. The van der Waals surface area contributed by atoms with Gasteiger partial charge in [-0.3, -0.25) is 9.97 Å². The molecule has 88 valence electrons. The summed E-state index contributed by atoms with van der Waals surface area (Å²) in [5.41, 5.74) is 1.59. The van der Waals surface area contributed by atoms with Crippen molar-refractivity contribution in [1.82, 2.24) is 20.1 Å². The average Bonchev–Trinajstić information content (AvgIpc) is 2.89. The van der Waals surface area contributed by atoms with Gasteiger partial charge in [0, 0.05) is 34.8 Å². The molecule has 0 bridgehead atoms. The molecule has 0 fully saturated rings.